The van der Waals surface area contributed by atoms with Crippen molar-refractivity contribution in [2.45, 2.75) is 13.8 Å². The zero-order valence-electron chi connectivity index (χ0n) is 12.4. The lowest BCUT2D eigenvalue weighted by Crippen LogP contribution is -2.10. The van der Waals surface area contributed by atoms with Crippen LogP contribution in [0.3, 0.4) is 0 Å². The van der Waals surface area contributed by atoms with E-state index in [2.05, 4.69) is 22.0 Å². The maximum Gasteiger partial charge on any atom is 0.335 e. The predicted molar refractivity (Wildman–Crippen MR) is 88.0 cm³/mol. The van der Waals surface area contributed by atoms with Gasteiger partial charge in [-0.1, -0.05) is 12.1 Å². The van der Waals surface area contributed by atoms with Crippen molar-refractivity contribution in [2.75, 3.05) is 13.2 Å². The van der Waals surface area contributed by atoms with E-state index in [0.717, 1.165) is 15.8 Å². The van der Waals surface area contributed by atoms with Crippen LogP contribution in [0.4, 0.5) is 0 Å². The van der Waals surface area contributed by atoms with Gasteiger partial charge in [-0.2, -0.15) is 0 Å². The summed E-state index contributed by atoms with van der Waals surface area (Å²) in [5.74, 6) is 0.345. The Bertz CT molecular complexity index is 659. The van der Waals surface area contributed by atoms with Crippen LogP contribution in [0.1, 0.15) is 21.5 Å². The summed E-state index contributed by atoms with van der Waals surface area (Å²) in [5, 5.41) is 8.93. The van der Waals surface area contributed by atoms with Gasteiger partial charge < -0.3 is 14.6 Å². The monoisotopic (exact) mass is 364 g/mol. The molecule has 0 aromatic heterocycles. The standard InChI is InChI=1S/C17H17BrO4/c1-11-8-12(2)16(15(18)9-11)22-7-6-21-14-5-3-4-13(10-14)17(19)20/h3-5,8-10H,6-7H2,1-2H3,(H,19,20). The van der Waals surface area contributed by atoms with Crippen molar-refractivity contribution < 1.29 is 19.4 Å². The molecule has 1 N–H and O–H groups in total. The summed E-state index contributed by atoms with van der Waals surface area (Å²) >= 11 is 3.49. The molecule has 0 atom stereocenters. The first kappa shape index (κ1) is 16.4. The minimum atomic E-state index is -0.971. The zero-order chi connectivity index (χ0) is 16.1. The van der Waals surface area contributed by atoms with E-state index in [4.69, 9.17) is 14.6 Å². The molecule has 0 aliphatic heterocycles. The van der Waals surface area contributed by atoms with Crippen LogP contribution in [0.2, 0.25) is 0 Å². The van der Waals surface area contributed by atoms with Gasteiger partial charge in [0.05, 0.1) is 10.0 Å². The second-order valence-corrected chi connectivity index (χ2v) is 5.78. The van der Waals surface area contributed by atoms with Gasteiger partial charge in [-0.15, -0.1) is 0 Å². The number of rotatable bonds is 6. The Morgan fingerprint density at radius 2 is 1.86 bits per heavy atom. The summed E-state index contributed by atoms with van der Waals surface area (Å²) in [5.41, 5.74) is 2.42. The van der Waals surface area contributed by atoms with Crippen LogP contribution in [0.5, 0.6) is 11.5 Å². The molecule has 0 aliphatic rings. The van der Waals surface area contributed by atoms with Crippen molar-refractivity contribution in [2.24, 2.45) is 0 Å². The molecule has 0 unspecified atom stereocenters. The molecule has 22 heavy (non-hydrogen) atoms. The van der Waals surface area contributed by atoms with Gasteiger partial charge in [-0.25, -0.2) is 4.79 Å². The first-order valence-corrected chi connectivity index (χ1v) is 7.62. The van der Waals surface area contributed by atoms with Crippen molar-refractivity contribution in [3.05, 3.63) is 57.6 Å². The average molecular weight is 365 g/mol. The van der Waals surface area contributed by atoms with E-state index in [1.807, 2.05) is 19.9 Å². The van der Waals surface area contributed by atoms with Crippen molar-refractivity contribution >= 4 is 21.9 Å². The summed E-state index contributed by atoms with van der Waals surface area (Å²) in [6.07, 6.45) is 0. The number of aromatic carboxylic acids is 1. The van der Waals surface area contributed by atoms with Crippen LogP contribution in [0.15, 0.2) is 40.9 Å². The molecule has 0 saturated carbocycles. The van der Waals surface area contributed by atoms with Gasteiger partial charge in [0, 0.05) is 0 Å². The molecule has 4 nitrogen and oxygen atoms in total. The Morgan fingerprint density at radius 3 is 2.55 bits per heavy atom. The van der Waals surface area contributed by atoms with Gasteiger partial charge in [0.2, 0.25) is 0 Å². The van der Waals surface area contributed by atoms with Gasteiger partial charge >= 0.3 is 5.97 Å². The molecule has 0 radical (unpaired) electrons. The maximum atomic E-state index is 10.9. The molecule has 116 valence electrons. The third-order valence-electron chi connectivity index (χ3n) is 3.05. The molecule has 2 aromatic rings. The Balaban J connectivity index is 1.90. The molecule has 0 saturated heterocycles. The lowest BCUT2D eigenvalue weighted by molar-refractivity contribution is 0.0696. The minimum absolute atomic E-state index is 0.204. The highest BCUT2D eigenvalue weighted by atomic mass is 79.9. The van der Waals surface area contributed by atoms with E-state index >= 15 is 0 Å². The Kier molecular flexibility index (Phi) is 5.44. The Hall–Kier alpha value is -2.01. The van der Waals surface area contributed by atoms with Gasteiger partial charge in [0.1, 0.15) is 24.7 Å². The fraction of sp³-hybridized carbons (Fsp3) is 0.235. The molecular weight excluding hydrogens is 348 g/mol. The number of benzene rings is 2. The summed E-state index contributed by atoms with van der Waals surface area (Å²) < 4.78 is 12.2. The van der Waals surface area contributed by atoms with Crippen molar-refractivity contribution in [3.63, 3.8) is 0 Å². The summed E-state index contributed by atoms with van der Waals surface area (Å²) in [4.78, 5) is 10.9. The average Bonchev–Trinajstić information content (AvgIpc) is 2.45. The highest BCUT2D eigenvalue weighted by Crippen LogP contribution is 2.30. The summed E-state index contributed by atoms with van der Waals surface area (Å²) in [6, 6.07) is 10.4. The normalized spacial score (nSPS) is 10.3. The van der Waals surface area contributed by atoms with Crippen molar-refractivity contribution in [3.8, 4) is 11.5 Å². The Labute approximate surface area is 137 Å². The number of carboxylic acid groups (broad SMARTS) is 1. The smallest absolute Gasteiger partial charge is 0.335 e. The highest BCUT2D eigenvalue weighted by Gasteiger charge is 2.07. The van der Waals surface area contributed by atoms with E-state index in [9.17, 15) is 4.79 Å². The lowest BCUT2D eigenvalue weighted by Gasteiger charge is -2.13. The van der Waals surface area contributed by atoms with Crippen LogP contribution >= 0.6 is 15.9 Å². The molecule has 2 rings (SSSR count). The topological polar surface area (TPSA) is 55.8 Å². The quantitative estimate of drug-likeness (QED) is 0.779. The molecule has 0 aliphatic carbocycles. The highest BCUT2D eigenvalue weighted by molar-refractivity contribution is 9.10. The molecule has 0 fully saturated rings. The molecule has 0 spiro atoms. The predicted octanol–water partition coefficient (Wildman–Crippen LogP) is 4.22. The number of halogens is 1. The maximum absolute atomic E-state index is 10.9. The number of ether oxygens (including phenoxy) is 2. The van der Waals surface area contributed by atoms with E-state index < -0.39 is 5.97 Å². The number of hydrogen-bond acceptors (Lipinski definition) is 3. The molecule has 0 heterocycles. The molecule has 0 amide bonds. The first-order valence-electron chi connectivity index (χ1n) is 6.83. The van der Waals surface area contributed by atoms with E-state index in [1.165, 1.54) is 17.7 Å². The summed E-state index contributed by atoms with van der Waals surface area (Å²) in [7, 11) is 0. The molecule has 5 heteroatoms. The van der Waals surface area contributed by atoms with Gasteiger partial charge in [-0.3, -0.25) is 0 Å². The third kappa shape index (κ3) is 4.24. The summed E-state index contributed by atoms with van der Waals surface area (Å²) in [6.45, 7) is 4.73. The third-order valence-corrected chi connectivity index (χ3v) is 3.64. The van der Waals surface area contributed by atoms with Crippen LogP contribution in [0, 0.1) is 13.8 Å². The second-order valence-electron chi connectivity index (χ2n) is 4.92. The molecule has 2 aromatic carbocycles. The zero-order valence-corrected chi connectivity index (χ0v) is 14.0. The fourth-order valence-corrected chi connectivity index (χ4v) is 2.90. The first-order chi connectivity index (χ1) is 10.5. The van der Waals surface area contributed by atoms with Crippen LogP contribution < -0.4 is 9.47 Å². The minimum Gasteiger partial charge on any atom is -0.490 e. The van der Waals surface area contributed by atoms with Gasteiger partial charge in [-0.05, 0) is 65.2 Å². The van der Waals surface area contributed by atoms with Crippen LogP contribution in [-0.2, 0) is 0 Å². The van der Waals surface area contributed by atoms with Crippen LogP contribution in [-0.4, -0.2) is 24.3 Å². The number of hydrogen-bond donors (Lipinski definition) is 1. The molecule has 0 bridgehead atoms. The van der Waals surface area contributed by atoms with Crippen LogP contribution in [0.25, 0.3) is 0 Å². The number of carbonyl (C=O) groups is 1. The fourth-order valence-electron chi connectivity index (χ4n) is 2.11. The SMILES string of the molecule is Cc1cc(C)c(OCCOc2cccc(C(=O)O)c2)c(Br)c1. The van der Waals surface area contributed by atoms with E-state index in [1.54, 1.807) is 12.1 Å². The van der Waals surface area contributed by atoms with Gasteiger partial charge in [0.25, 0.3) is 0 Å². The second kappa shape index (κ2) is 7.31. The Morgan fingerprint density at radius 1 is 1.14 bits per heavy atom. The largest absolute Gasteiger partial charge is 0.490 e. The van der Waals surface area contributed by atoms with Crippen molar-refractivity contribution in [1.29, 1.82) is 0 Å². The number of carboxylic acids is 1. The van der Waals surface area contributed by atoms with Crippen molar-refractivity contribution in [1.82, 2.24) is 0 Å². The lowest BCUT2D eigenvalue weighted by atomic mass is 10.1. The van der Waals surface area contributed by atoms with Gasteiger partial charge in [0.15, 0.2) is 0 Å². The number of aryl methyl sites for hydroxylation is 2. The van der Waals surface area contributed by atoms with E-state index in [0.29, 0.717) is 19.0 Å². The van der Waals surface area contributed by atoms with E-state index in [-0.39, 0.29) is 5.56 Å². The molecular formula is C17H17BrO4.